The molecule has 1 aromatic heterocycles. The largest absolute Gasteiger partial charge is 0.399 e. The molecular formula is C16H20N2OS. The van der Waals surface area contributed by atoms with E-state index < -0.39 is 0 Å². The Morgan fingerprint density at radius 1 is 1.20 bits per heavy atom. The quantitative estimate of drug-likeness (QED) is 0.802. The summed E-state index contributed by atoms with van der Waals surface area (Å²) in [4.78, 5) is 14.4. The predicted octanol–water partition coefficient (Wildman–Crippen LogP) is 3.14. The Balaban J connectivity index is 1.77. The van der Waals surface area contributed by atoms with E-state index in [1.54, 1.807) is 11.3 Å². The molecule has 2 rings (SSSR count). The molecule has 0 saturated heterocycles. The third kappa shape index (κ3) is 4.10. The van der Waals surface area contributed by atoms with Gasteiger partial charge in [0, 0.05) is 21.9 Å². The van der Waals surface area contributed by atoms with Crippen molar-refractivity contribution in [2.24, 2.45) is 0 Å². The topological polar surface area (TPSA) is 55.1 Å². The van der Waals surface area contributed by atoms with Gasteiger partial charge in [0.1, 0.15) is 0 Å². The molecule has 1 heterocycles. The van der Waals surface area contributed by atoms with E-state index in [0.717, 1.165) is 17.7 Å². The van der Waals surface area contributed by atoms with Crippen LogP contribution in [-0.4, -0.2) is 5.91 Å². The first-order chi connectivity index (χ1) is 9.69. The molecule has 0 spiro atoms. The van der Waals surface area contributed by atoms with Crippen LogP contribution in [0.15, 0.2) is 36.4 Å². The molecule has 4 heteroatoms. The highest BCUT2D eigenvalue weighted by atomic mass is 32.1. The maximum Gasteiger partial charge on any atom is 0.220 e. The van der Waals surface area contributed by atoms with Crippen molar-refractivity contribution in [1.29, 1.82) is 0 Å². The van der Waals surface area contributed by atoms with Crippen LogP contribution in [0, 0.1) is 0 Å². The molecule has 1 aromatic carbocycles. The van der Waals surface area contributed by atoms with Gasteiger partial charge in [-0.05, 0) is 36.6 Å². The lowest BCUT2D eigenvalue weighted by Gasteiger charge is -2.06. The molecule has 0 radical (unpaired) electrons. The molecule has 3 N–H and O–H groups in total. The second-order valence-electron chi connectivity index (χ2n) is 4.70. The van der Waals surface area contributed by atoms with Gasteiger partial charge in [-0.1, -0.05) is 25.1 Å². The minimum atomic E-state index is 0.0692. The fourth-order valence-corrected chi connectivity index (χ4v) is 2.89. The number of anilines is 1. The number of para-hydroxylation sites is 1. The summed E-state index contributed by atoms with van der Waals surface area (Å²) in [5.41, 5.74) is 7.65. The smallest absolute Gasteiger partial charge is 0.220 e. The number of benzene rings is 1. The van der Waals surface area contributed by atoms with Gasteiger partial charge in [-0.25, -0.2) is 0 Å². The summed E-state index contributed by atoms with van der Waals surface area (Å²) < 4.78 is 0. The van der Waals surface area contributed by atoms with Gasteiger partial charge in [-0.15, -0.1) is 11.3 Å². The summed E-state index contributed by atoms with van der Waals surface area (Å²) in [5, 5.41) is 2.96. The van der Waals surface area contributed by atoms with Crippen molar-refractivity contribution in [2.75, 3.05) is 5.73 Å². The number of carbonyl (C=O) groups is 1. The van der Waals surface area contributed by atoms with Crippen LogP contribution in [0.2, 0.25) is 0 Å². The average molecular weight is 288 g/mol. The molecule has 1 amide bonds. The number of hydrogen-bond donors (Lipinski definition) is 2. The first-order valence-electron chi connectivity index (χ1n) is 6.86. The summed E-state index contributed by atoms with van der Waals surface area (Å²) >= 11 is 1.76. The Morgan fingerprint density at radius 3 is 2.65 bits per heavy atom. The van der Waals surface area contributed by atoms with E-state index >= 15 is 0 Å². The molecule has 106 valence electrons. The van der Waals surface area contributed by atoms with Gasteiger partial charge >= 0.3 is 0 Å². The van der Waals surface area contributed by atoms with Gasteiger partial charge in [0.15, 0.2) is 0 Å². The SMILES string of the molecule is CCc1ccc(CNC(=O)CCc2ccccc2N)s1. The highest BCUT2D eigenvalue weighted by Gasteiger charge is 2.05. The van der Waals surface area contributed by atoms with E-state index in [-0.39, 0.29) is 5.91 Å². The van der Waals surface area contributed by atoms with E-state index in [1.807, 2.05) is 24.3 Å². The first kappa shape index (κ1) is 14.6. The Labute approximate surface area is 123 Å². The highest BCUT2D eigenvalue weighted by molar-refractivity contribution is 7.11. The monoisotopic (exact) mass is 288 g/mol. The molecular weight excluding hydrogens is 268 g/mol. The highest BCUT2D eigenvalue weighted by Crippen LogP contribution is 2.17. The Hall–Kier alpha value is -1.81. The van der Waals surface area contributed by atoms with Gasteiger partial charge in [-0.3, -0.25) is 4.79 Å². The second kappa shape index (κ2) is 7.10. The van der Waals surface area contributed by atoms with Crippen molar-refractivity contribution < 1.29 is 4.79 Å². The zero-order chi connectivity index (χ0) is 14.4. The average Bonchev–Trinajstić information content (AvgIpc) is 2.92. The number of nitrogens with one attached hydrogen (secondary N) is 1. The predicted molar refractivity (Wildman–Crippen MR) is 84.7 cm³/mol. The lowest BCUT2D eigenvalue weighted by atomic mass is 10.1. The lowest BCUT2D eigenvalue weighted by Crippen LogP contribution is -2.22. The van der Waals surface area contributed by atoms with Crippen molar-refractivity contribution in [1.82, 2.24) is 5.32 Å². The molecule has 0 aliphatic carbocycles. The maximum absolute atomic E-state index is 11.8. The lowest BCUT2D eigenvalue weighted by molar-refractivity contribution is -0.121. The first-order valence-corrected chi connectivity index (χ1v) is 7.68. The van der Waals surface area contributed by atoms with Crippen molar-refractivity contribution >= 4 is 22.9 Å². The number of rotatable bonds is 6. The van der Waals surface area contributed by atoms with Gasteiger partial charge in [0.05, 0.1) is 6.54 Å². The minimum absolute atomic E-state index is 0.0692. The normalized spacial score (nSPS) is 10.4. The number of nitrogens with two attached hydrogens (primary N) is 1. The number of carbonyl (C=O) groups excluding carboxylic acids is 1. The summed E-state index contributed by atoms with van der Waals surface area (Å²) in [6.07, 6.45) is 2.20. The third-order valence-electron chi connectivity index (χ3n) is 3.20. The zero-order valence-corrected chi connectivity index (χ0v) is 12.5. The number of nitrogen functional groups attached to an aromatic ring is 1. The minimum Gasteiger partial charge on any atom is -0.399 e. The number of hydrogen-bond acceptors (Lipinski definition) is 3. The van der Waals surface area contributed by atoms with Gasteiger partial charge < -0.3 is 11.1 Å². The molecule has 0 bridgehead atoms. The van der Waals surface area contributed by atoms with Crippen LogP contribution in [0.4, 0.5) is 5.69 Å². The summed E-state index contributed by atoms with van der Waals surface area (Å²) in [6, 6.07) is 11.9. The number of aryl methyl sites for hydroxylation is 2. The molecule has 3 nitrogen and oxygen atoms in total. The maximum atomic E-state index is 11.8. The van der Waals surface area contributed by atoms with Crippen LogP contribution in [0.1, 0.15) is 28.7 Å². The molecule has 0 aliphatic heterocycles. The van der Waals surface area contributed by atoms with E-state index in [9.17, 15) is 4.79 Å². The standard InChI is InChI=1S/C16H20N2OS/c1-2-13-8-9-14(20-13)11-18-16(19)10-7-12-5-3-4-6-15(12)17/h3-6,8-9H,2,7,10-11,17H2,1H3,(H,18,19). The molecule has 0 unspecified atom stereocenters. The van der Waals surface area contributed by atoms with Gasteiger partial charge in [0.2, 0.25) is 5.91 Å². The van der Waals surface area contributed by atoms with Crippen LogP contribution in [0.25, 0.3) is 0 Å². The van der Waals surface area contributed by atoms with Crippen LogP contribution >= 0.6 is 11.3 Å². The molecule has 2 aromatic rings. The van der Waals surface area contributed by atoms with Crippen molar-refractivity contribution in [3.05, 3.63) is 51.7 Å². The third-order valence-corrected chi connectivity index (χ3v) is 4.43. The number of amides is 1. The fourth-order valence-electron chi connectivity index (χ4n) is 1.99. The Bertz CT molecular complexity index is 577. The number of thiophene rings is 1. The Kier molecular flexibility index (Phi) is 5.18. The van der Waals surface area contributed by atoms with E-state index in [2.05, 4.69) is 24.4 Å². The van der Waals surface area contributed by atoms with Crippen LogP contribution in [-0.2, 0) is 24.2 Å². The summed E-state index contributed by atoms with van der Waals surface area (Å²) in [7, 11) is 0. The molecule has 0 aliphatic rings. The zero-order valence-electron chi connectivity index (χ0n) is 11.7. The van der Waals surface area contributed by atoms with Gasteiger partial charge in [-0.2, -0.15) is 0 Å². The van der Waals surface area contributed by atoms with E-state index in [0.29, 0.717) is 19.4 Å². The van der Waals surface area contributed by atoms with Gasteiger partial charge in [0.25, 0.3) is 0 Å². The molecule has 20 heavy (non-hydrogen) atoms. The van der Waals surface area contributed by atoms with Crippen LogP contribution in [0.5, 0.6) is 0 Å². The van der Waals surface area contributed by atoms with Crippen LogP contribution in [0.3, 0.4) is 0 Å². The van der Waals surface area contributed by atoms with Crippen molar-refractivity contribution in [3.63, 3.8) is 0 Å². The fraction of sp³-hybridized carbons (Fsp3) is 0.312. The molecule has 0 atom stereocenters. The van der Waals surface area contributed by atoms with E-state index in [4.69, 9.17) is 5.73 Å². The molecule has 0 fully saturated rings. The van der Waals surface area contributed by atoms with Crippen LogP contribution < -0.4 is 11.1 Å². The Morgan fingerprint density at radius 2 is 1.95 bits per heavy atom. The van der Waals surface area contributed by atoms with Crippen molar-refractivity contribution in [2.45, 2.75) is 32.7 Å². The summed E-state index contributed by atoms with van der Waals surface area (Å²) in [5.74, 6) is 0.0692. The van der Waals surface area contributed by atoms with Crippen molar-refractivity contribution in [3.8, 4) is 0 Å². The summed E-state index contributed by atoms with van der Waals surface area (Å²) in [6.45, 7) is 2.76. The second-order valence-corrected chi connectivity index (χ2v) is 5.95. The molecule has 0 saturated carbocycles. The van der Waals surface area contributed by atoms with E-state index in [1.165, 1.54) is 9.75 Å².